The Labute approximate surface area is 115 Å². The van der Waals surface area contributed by atoms with Crippen LogP contribution in [0, 0.1) is 5.92 Å². The highest BCUT2D eigenvalue weighted by molar-refractivity contribution is 6.31. The van der Waals surface area contributed by atoms with Crippen molar-refractivity contribution in [3.8, 4) is 0 Å². The van der Waals surface area contributed by atoms with E-state index in [0.29, 0.717) is 11.4 Å². The number of halogens is 1. The Balaban J connectivity index is 2.14. The van der Waals surface area contributed by atoms with E-state index < -0.39 is 5.97 Å². The van der Waals surface area contributed by atoms with Gasteiger partial charge in [0, 0.05) is 17.0 Å². The summed E-state index contributed by atoms with van der Waals surface area (Å²) in [5.74, 6) is -1.45. The van der Waals surface area contributed by atoms with Crippen molar-refractivity contribution in [2.24, 2.45) is 11.7 Å². The van der Waals surface area contributed by atoms with E-state index in [4.69, 9.17) is 22.4 Å². The summed E-state index contributed by atoms with van der Waals surface area (Å²) in [6.45, 7) is 0. The summed E-state index contributed by atoms with van der Waals surface area (Å²) in [6, 6.07) is 4.42. The molecule has 0 aromatic heterocycles. The van der Waals surface area contributed by atoms with E-state index in [1.165, 1.54) is 12.1 Å². The number of aromatic carboxylic acids is 1. The van der Waals surface area contributed by atoms with Crippen LogP contribution in [0.1, 0.15) is 29.6 Å². The molecule has 1 saturated carbocycles. The quantitative estimate of drug-likeness (QED) is 0.791. The predicted molar refractivity (Wildman–Crippen MR) is 72.4 cm³/mol. The normalized spacial score (nSPS) is 22.2. The van der Waals surface area contributed by atoms with Gasteiger partial charge in [0.25, 0.3) is 0 Å². The monoisotopic (exact) mass is 282 g/mol. The highest BCUT2D eigenvalue weighted by Crippen LogP contribution is 2.27. The first kappa shape index (κ1) is 13.8. The number of anilines is 1. The Hall–Kier alpha value is -1.59. The lowest BCUT2D eigenvalue weighted by Gasteiger charge is -2.12. The van der Waals surface area contributed by atoms with Crippen LogP contribution in [0.15, 0.2) is 18.2 Å². The van der Waals surface area contributed by atoms with Crippen LogP contribution in [-0.2, 0) is 4.79 Å². The van der Waals surface area contributed by atoms with Gasteiger partial charge in [0.15, 0.2) is 0 Å². The number of carboxylic acids is 1. The zero-order chi connectivity index (χ0) is 14.0. The highest BCUT2D eigenvalue weighted by atomic mass is 35.5. The smallest absolute Gasteiger partial charge is 0.337 e. The summed E-state index contributed by atoms with van der Waals surface area (Å²) < 4.78 is 0. The van der Waals surface area contributed by atoms with E-state index in [-0.39, 0.29) is 29.1 Å². The Bertz CT molecular complexity index is 519. The first-order valence-corrected chi connectivity index (χ1v) is 6.44. The number of benzene rings is 1. The van der Waals surface area contributed by atoms with E-state index in [1.807, 2.05) is 0 Å². The highest BCUT2D eigenvalue weighted by Gasteiger charge is 2.28. The number of amides is 1. The first-order valence-electron chi connectivity index (χ1n) is 6.06. The minimum atomic E-state index is -1.12. The molecule has 1 aromatic rings. The third-order valence-corrected chi connectivity index (χ3v) is 3.55. The lowest BCUT2D eigenvalue weighted by Crippen LogP contribution is -2.24. The molecule has 4 N–H and O–H groups in total. The molecule has 0 radical (unpaired) electrons. The molecule has 6 heteroatoms. The second-order valence-electron chi connectivity index (χ2n) is 4.75. The summed E-state index contributed by atoms with van der Waals surface area (Å²) in [7, 11) is 0. The average molecular weight is 283 g/mol. The van der Waals surface area contributed by atoms with Gasteiger partial charge in [-0.3, -0.25) is 4.79 Å². The second kappa shape index (κ2) is 5.59. The van der Waals surface area contributed by atoms with Gasteiger partial charge in [0.2, 0.25) is 5.91 Å². The fourth-order valence-electron chi connectivity index (χ4n) is 2.29. The van der Waals surface area contributed by atoms with E-state index in [9.17, 15) is 9.59 Å². The van der Waals surface area contributed by atoms with Gasteiger partial charge in [0.05, 0.1) is 11.3 Å². The second-order valence-corrected chi connectivity index (χ2v) is 5.19. The van der Waals surface area contributed by atoms with Crippen LogP contribution in [0.25, 0.3) is 0 Å². The largest absolute Gasteiger partial charge is 0.478 e. The number of nitrogens with one attached hydrogen (secondary N) is 1. The van der Waals surface area contributed by atoms with Crippen LogP contribution >= 0.6 is 11.6 Å². The van der Waals surface area contributed by atoms with E-state index >= 15 is 0 Å². The zero-order valence-corrected chi connectivity index (χ0v) is 11.0. The molecule has 1 fully saturated rings. The summed E-state index contributed by atoms with van der Waals surface area (Å²) in [5.41, 5.74) is 6.02. The molecular weight excluding hydrogens is 268 g/mol. The Morgan fingerprint density at radius 3 is 2.68 bits per heavy atom. The fraction of sp³-hybridized carbons (Fsp3) is 0.385. The third kappa shape index (κ3) is 3.24. The third-order valence-electron chi connectivity index (χ3n) is 3.31. The van der Waals surface area contributed by atoms with Gasteiger partial charge in [-0.1, -0.05) is 11.6 Å². The molecule has 0 aliphatic heterocycles. The van der Waals surface area contributed by atoms with Crippen LogP contribution in [0.3, 0.4) is 0 Å². The molecule has 2 unspecified atom stereocenters. The van der Waals surface area contributed by atoms with Crippen LogP contribution in [0.4, 0.5) is 5.69 Å². The minimum absolute atomic E-state index is 0.0110. The molecule has 0 spiro atoms. The molecule has 0 heterocycles. The van der Waals surface area contributed by atoms with Gasteiger partial charge < -0.3 is 16.2 Å². The van der Waals surface area contributed by atoms with Gasteiger partial charge in [-0.25, -0.2) is 4.79 Å². The van der Waals surface area contributed by atoms with Gasteiger partial charge in [-0.15, -0.1) is 0 Å². The number of carbonyl (C=O) groups is 2. The molecule has 5 nitrogen and oxygen atoms in total. The standard InChI is InChI=1S/C13H15ClN2O3/c14-8-2-4-11(10(6-8)13(18)19)16-12(17)7-1-3-9(15)5-7/h2,4,6-7,9H,1,3,5,15H2,(H,16,17)(H,18,19). The summed E-state index contributed by atoms with van der Waals surface area (Å²) >= 11 is 5.75. The van der Waals surface area contributed by atoms with Crippen molar-refractivity contribution in [2.45, 2.75) is 25.3 Å². The molecule has 0 bridgehead atoms. The maximum atomic E-state index is 12.0. The minimum Gasteiger partial charge on any atom is -0.478 e. The van der Waals surface area contributed by atoms with Crippen molar-refractivity contribution >= 4 is 29.2 Å². The van der Waals surface area contributed by atoms with Crippen molar-refractivity contribution in [3.05, 3.63) is 28.8 Å². The molecular formula is C13H15ClN2O3. The number of hydrogen-bond acceptors (Lipinski definition) is 3. The van der Waals surface area contributed by atoms with Crippen molar-refractivity contribution in [1.29, 1.82) is 0 Å². The van der Waals surface area contributed by atoms with E-state index in [1.54, 1.807) is 6.07 Å². The molecule has 0 saturated heterocycles. The van der Waals surface area contributed by atoms with E-state index in [2.05, 4.69) is 5.32 Å². The molecule has 102 valence electrons. The van der Waals surface area contributed by atoms with Crippen molar-refractivity contribution < 1.29 is 14.7 Å². The number of rotatable bonds is 3. The number of hydrogen-bond donors (Lipinski definition) is 3. The van der Waals surface area contributed by atoms with Crippen LogP contribution < -0.4 is 11.1 Å². The van der Waals surface area contributed by atoms with Crippen molar-refractivity contribution in [2.75, 3.05) is 5.32 Å². The van der Waals surface area contributed by atoms with E-state index in [0.717, 1.165) is 12.8 Å². The number of carboxylic acid groups (broad SMARTS) is 1. The Morgan fingerprint density at radius 2 is 2.11 bits per heavy atom. The van der Waals surface area contributed by atoms with Gasteiger partial charge in [-0.2, -0.15) is 0 Å². The summed E-state index contributed by atoms with van der Waals surface area (Å²) in [6.07, 6.45) is 2.20. The number of nitrogens with two attached hydrogens (primary N) is 1. The average Bonchev–Trinajstić information content (AvgIpc) is 2.78. The summed E-state index contributed by atoms with van der Waals surface area (Å²) in [5, 5.41) is 12.0. The molecule has 1 amide bonds. The first-order chi connectivity index (χ1) is 8.97. The topological polar surface area (TPSA) is 92.4 Å². The maximum Gasteiger partial charge on any atom is 0.337 e. The SMILES string of the molecule is NC1CCC(C(=O)Nc2ccc(Cl)cc2C(=O)O)C1. The maximum absolute atomic E-state index is 12.0. The van der Waals surface area contributed by atoms with Gasteiger partial charge in [0.1, 0.15) is 0 Å². The molecule has 2 atom stereocenters. The van der Waals surface area contributed by atoms with Crippen LogP contribution in [-0.4, -0.2) is 23.0 Å². The van der Waals surface area contributed by atoms with Crippen molar-refractivity contribution in [1.82, 2.24) is 0 Å². The Morgan fingerprint density at radius 1 is 1.37 bits per heavy atom. The number of carbonyl (C=O) groups excluding carboxylic acids is 1. The zero-order valence-electron chi connectivity index (χ0n) is 10.2. The van der Waals surface area contributed by atoms with Gasteiger partial charge >= 0.3 is 5.97 Å². The molecule has 1 aromatic carbocycles. The lowest BCUT2D eigenvalue weighted by atomic mass is 10.1. The predicted octanol–water partition coefficient (Wildman–Crippen LogP) is 2.10. The van der Waals surface area contributed by atoms with Crippen LogP contribution in [0.5, 0.6) is 0 Å². The summed E-state index contributed by atoms with van der Waals surface area (Å²) in [4.78, 5) is 23.1. The Kier molecular flexibility index (Phi) is 4.07. The fourth-order valence-corrected chi connectivity index (χ4v) is 2.46. The molecule has 1 aliphatic carbocycles. The van der Waals surface area contributed by atoms with Crippen molar-refractivity contribution in [3.63, 3.8) is 0 Å². The van der Waals surface area contributed by atoms with Crippen LogP contribution in [0.2, 0.25) is 5.02 Å². The lowest BCUT2D eigenvalue weighted by molar-refractivity contribution is -0.119. The molecule has 2 rings (SSSR count). The molecule has 19 heavy (non-hydrogen) atoms. The molecule has 1 aliphatic rings. The van der Waals surface area contributed by atoms with Gasteiger partial charge in [-0.05, 0) is 37.5 Å².